The molecule has 0 spiro atoms. The molecule has 27 heavy (non-hydrogen) atoms. The van der Waals surface area contributed by atoms with Crippen LogP contribution in [0, 0.1) is 10.1 Å². The van der Waals surface area contributed by atoms with Gasteiger partial charge in [-0.3, -0.25) is 10.1 Å². The molecule has 0 N–H and O–H groups in total. The number of benzene rings is 2. The molecule has 1 fully saturated rings. The number of rotatable bonds is 6. The van der Waals surface area contributed by atoms with E-state index < -0.39 is 14.8 Å². The Morgan fingerprint density at radius 2 is 1.85 bits per heavy atom. The number of hydrogen-bond acceptors (Lipinski definition) is 6. The van der Waals surface area contributed by atoms with E-state index in [-0.39, 0.29) is 39.4 Å². The molecule has 0 aromatic heterocycles. The van der Waals surface area contributed by atoms with Crippen molar-refractivity contribution in [3.05, 3.63) is 58.1 Å². The quantitative estimate of drug-likeness (QED) is 0.424. The zero-order chi connectivity index (χ0) is 19.8. The SMILES string of the molecule is CC(C)(C)c1cccc(S(=O)(=O)c2ccc(OCC3CO3)c([N+](=O)[O-])c2)c1. The van der Waals surface area contributed by atoms with Crippen molar-refractivity contribution in [3.8, 4) is 5.75 Å². The Morgan fingerprint density at radius 1 is 1.19 bits per heavy atom. The first kappa shape index (κ1) is 19.3. The predicted octanol–water partition coefficient (Wildman–Crippen LogP) is 3.50. The molecular formula is C19H21NO6S. The molecular weight excluding hydrogens is 370 g/mol. The number of nitrogens with zero attached hydrogens (tertiary/aromatic N) is 1. The third-order valence-electron chi connectivity index (χ3n) is 4.27. The van der Waals surface area contributed by atoms with E-state index in [1.165, 1.54) is 18.2 Å². The molecule has 0 radical (unpaired) electrons. The van der Waals surface area contributed by atoms with Crippen molar-refractivity contribution in [1.82, 2.24) is 0 Å². The minimum atomic E-state index is -3.90. The summed E-state index contributed by atoms with van der Waals surface area (Å²) in [4.78, 5) is 10.7. The lowest BCUT2D eigenvalue weighted by atomic mass is 9.87. The molecule has 1 aliphatic heterocycles. The Labute approximate surface area is 158 Å². The minimum absolute atomic E-state index is 0.0258. The van der Waals surface area contributed by atoms with Gasteiger partial charge in [-0.2, -0.15) is 0 Å². The monoisotopic (exact) mass is 391 g/mol. The Kier molecular flexibility index (Phi) is 4.96. The Balaban J connectivity index is 1.99. The van der Waals surface area contributed by atoms with Crippen molar-refractivity contribution in [3.63, 3.8) is 0 Å². The first-order valence-electron chi connectivity index (χ1n) is 8.47. The summed E-state index contributed by atoms with van der Waals surface area (Å²) in [5.41, 5.74) is 0.256. The lowest BCUT2D eigenvalue weighted by Gasteiger charge is -2.19. The van der Waals surface area contributed by atoms with Gasteiger partial charge in [-0.1, -0.05) is 32.9 Å². The maximum absolute atomic E-state index is 13.0. The molecule has 0 bridgehead atoms. The van der Waals surface area contributed by atoms with Gasteiger partial charge < -0.3 is 9.47 Å². The summed E-state index contributed by atoms with van der Waals surface area (Å²) >= 11 is 0. The lowest BCUT2D eigenvalue weighted by Crippen LogP contribution is -2.12. The maximum Gasteiger partial charge on any atom is 0.312 e. The smallest absolute Gasteiger partial charge is 0.312 e. The van der Waals surface area contributed by atoms with Gasteiger partial charge in [0.1, 0.15) is 12.7 Å². The van der Waals surface area contributed by atoms with Crippen molar-refractivity contribution in [2.24, 2.45) is 0 Å². The molecule has 8 heteroatoms. The summed E-state index contributed by atoms with van der Waals surface area (Å²) in [6.45, 7) is 6.71. The molecule has 144 valence electrons. The first-order chi connectivity index (χ1) is 12.6. The van der Waals surface area contributed by atoms with Crippen LogP contribution in [-0.2, 0) is 20.0 Å². The largest absolute Gasteiger partial charge is 0.484 e. The number of hydrogen-bond donors (Lipinski definition) is 0. The second-order valence-electron chi connectivity index (χ2n) is 7.43. The number of epoxide rings is 1. The van der Waals surface area contributed by atoms with Crippen molar-refractivity contribution in [2.75, 3.05) is 13.2 Å². The van der Waals surface area contributed by atoms with E-state index in [2.05, 4.69) is 0 Å². The van der Waals surface area contributed by atoms with Gasteiger partial charge >= 0.3 is 5.69 Å². The van der Waals surface area contributed by atoms with E-state index in [0.717, 1.165) is 11.6 Å². The van der Waals surface area contributed by atoms with E-state index >= 15 is 0 Å². The van der Waals surface area contributed by atoms with E-state index in [4.69, 9.17) is 9.47 Å². The molecule has 0 amide bonds. The van der Waals surface area contributed by atoms with Crippen molar-refractivity contribution in [2.45, 2.75) is 42.1 Å². The summed E-state index contributed by atoms with van der Waals surface area (Å²) in [5, 5.41) is 11.4. The van der Waals surface area contributed by atoms with Gasteiger partial charge in [0.15, 0.2) is 5.75 Å². The molecule has 0 saturated carbocycles. The van der Waals surface area contributed by atoms with Crippen LogP contribution in [0.1, 0.15) is 26.3 Å². The summed E-state index contributed by atoms with van der Waals surface area (Å²) in [5.74, 6) is 0.0258. The number of ether oxygens (including phenoxy) is 2. The van der Waals surface area contributed by atoms with E-state index in [1.54, 1.807) is 12.1 Å². The van der Waals surface area contributed by atoms with Gasteiger partial charge in [0.2, 0.25) is 9.84 Å². The molecule has 7 nitrogen and oxygen atoms in total. The molecule has 1 aliphatic rings. The summed E-state index contributed by atoms with van der Waals surface area (Å²) < 4.78 is 36.4. The summed E-state index contributed by atoms with van der Waals surface area (Å²) in [7, 11) is -3.90. The molecule has 2 aromatic rings. The highest BCUT2D eigenvalue weighted by Crippen LogP contribution is 2.33. The topological polar surface area (TPSA) is 99.0 Å². The average Bonchev–Trinajstić information content (AvgIpc) is 3.43. The molecule has 1 saturated heterocycles. The van der Waals surface area contributed by atoms with Gasteiger partial charge in [-0.15, -0.1) is 0 Å². The number of nitro groups is 1. The van der Waals surface area contributed by atoms with E-state index in [0.29, 0.717) is 6.61 Å². The average molecular weight is 391 g/mol. The van der Waals surface area contributed by atoms with Crippen LogP contribution < -0.4 is 4.74 Å². The zero-order valence-corrected chi connectivity index (χ0v) is 16.2. The fourth-order valence-electron chi connectivity index (χ4n) is 2.54. The van der Waals surface area contributed by atoms with Crippen LogP contribution in [0.5, 0.6) is 5.75 Å². The van der Waals surface area contributed by atoms with Crippen molar-refractivity contribution < 1.29 is 22.8 Å². The molecule has 2 aromatic carbocycles. The lowest BCUT2D eigenvalue weighted by molar-refractivity contribution is -0.386. The Bertz CT molecular complexity index is 974. The molecule has 3 rings (SSSR count). The van der Waals surface area contributed by atoms with Crippen LogP contribution in [0.2, 0.25) is 0 Å². The minimum Gasteiger partial charge on any atom is -0.484 e. The van der Waals surface area contributed by atoms with Crippen LogP contribution in [0.4, 0.5) is 5.69 Å². The Hall–Kier alpha value is -2.45. The van der Waals surface area contributed by atoms with Gasteiger partial charge in [0.05, 0.1) is 21.3 Å². The van der Waals surface area contributed by atoms with Gasteiger partial charge in [0, 0.05) is 6.07 Å². The first-order valence-corrected chi connectivity index (χ1v) is 9.96. The molecule has 0 aliphatic carbocycles. The fourth-order valence-corrected chi connectivity index (χ4v) is 3.87. The number of sulfone groups is 1. The van der Waals surface area contributed by atoms with Gasteiger partial charge in [0.25, 0.3) is 0 Å². The second-order valence-corrected chi connectivity index (χ2v) is 9.38. The predicted molar refractivity (Wildman–Crippen MR) is 98.9 cm³/mol. The van der Waals surface area contributed by atoms with E-state index in [1.807, 2.05) is 26.8 Å². The maximum atomic E-state index is 13.0. The normalized spacial score (nSPS) is 16.8. The van der Waals surface area contributed by atoms with Crippen molar-refractivity contribution >= 4 is 15.5 Å². The third-order valence-corrected chi connectivity index (χ3v) is 6.02. The molecule has 1 atom stereocenters. The van der Waals surface area contributed by atoms with Gasteiger partial charge in [-0.25, -0.2) is 8.42 Å². The zero-order valence-electron chi connectivity index (χ0n) is 15.3. The molecule has 1 unspecified atom stereocenters. The van der Waals surface area contributed by atoms with Crippen molar-refractivity contribution in [1.29, 1.82) is 0 Å². The number of nitro benzene ring substituents is 1. The van der Waals surface area contributed by atoms with Crippen LogP contribution in [0.3, 0.4) is 0 Å². The fraction of sp³-hybridized carbons (Fsp3) is 0.368. The second kappa shape index (κ2) is 6.94. The van der Waals surface area contributed by atoms with Crippen LogP contribution in [-0.4, -0.2) is 32.7 Å². The summed E-state index contributed by atoms with van der Waals surface area (Å²) in [6.07, 6.45) is -0.0619. The van der Waals surface area contributed by atoms with Crippen LogP contribution in [0.15, 0.2) is 52.3 Å². The highest BCUT2D eigenvalue weighted by Gasteiger charge is 2.28. The summed E-state index contributed by atoms with van der Waals surface area (Å²) in [6, 6.07) is 10.3. The highest BCUT2D eigenvalue weighted by atomic mass is 32.2. The van der Waals surface area contributed by atoms with E-state index in [9.17, 15) is 18.5 Å². The van der Waals surface area contributed by atoms with Crippen LogP contribution in [0.25, 0.3) is 0 Å². The standard InChI is InChI=1S/C19H21NO6S/c1-19(2,3)13-5-4-6-15(9-13)27(23,24)16-7-8-18(17(10-16)20(21)22)26-12-14-11-25-14/h4-10,14H,11-12H2,1-3H3. The third kappa shape index (κ3) is 4.28. The Morgan fingerprint density at radius 3 is 2.44 bits per heavy atom. The highest BCUT2D eigenvalue weighted by molar-refractivity contribution is 7.91. The molecule has 1 heterocycles. The van der Waals surface area contributed by atoms with Gasteiger partial charge in [-0.05, 0) is 35.2 Å². The van der Waals surface area contributed by atoms with Crippen LogP contribution >= 0.6 is 0 Å².